The van der Waals surface area contributed by atoms with Crippen LogP contribution in [0.25, 0.3) is 0 Å². The Hall–Kier alpha value is -0.790. The summed E-state index contributed by atoms with van der Waals surface area (Å²) in [4.78, 5) is 10.5. The number of unbranched alkanes of at least 4 members (excludes halogenated alkanes) is 7. The first-order valence-electron chi connectivity index (χ1n) is 6.58. The molecule has 0 aliphatic carbocycles. The highest BCUT2D eigenvalue weighted by Crippen LogP contribution is 2.09. The molecule has 1 N–H and O–H groups in total. The number of carboxylic acid groups (broad SMARTS) is 1. The molecular weight excluding hydrogens is 200 g/mol. The molecule has 0 fully saturated rings. The van der Waals surface area contributed by atoms with Gasteiger partial charge >= 0.3 is 5.97 Å². The van der Waals surface area contributed by atoms with Gasteiger partial charge in [-0.3, -0.25) is 4.79 Å². The lowest BCUT2D eigenvalue weighted by molar-refractivity contribution is -0.139. The molecule has 0 aromatic heterocycles. The molecule has 16 heavy (non-hydrogen) atoms. The second kappa shape index (κ2) is 10.7. The van der Waals surface area contributed by atoms with Gasteiger partial charge in [-0.2, -0.15) is 0 Å². The van der Waals surface area contributed by atoms with E-state index in [1.807, 2.05) is 6.08 Å². The van der Waals surface area contributed by atoms with Crippen LogP contribution in [0.5, 0.6) is 0 Å². The topological polar surface area (TPSA) is 37.3 Å². The van der Waals surface area contributed by atoms with Gasteiger partial charge in [0.25, 0.3) is 0 Å². The third kappa shape index (κ3) is 9.75. The van der Waals surface area contributed by atoms with Gasteiger partial charge in [-0.15, -0.1) is 0 Å². The molecule has 0 aliphatic heterocycles. The molecule has 1 unspecified atom stereocenters. The van der Waals surface area contributed by atoms with Crippen LogP contribution in [0.15, 0.2) is 12.2 Å². The lowest BCUT2D eigenvalue weighted by Gasteiger charge is -2.00. The number of aliphatic carboxylic acids is 1. The van der Waals surface area contributed by atoms with Gasteiger partial charge < -0.3 is 5.11 Å². The van der Waals surface area contributed by atoms with Crippen molar-refractivity contribution in [1.29, 1.82) is 0 Å². The van der Waals surface area contributed by atoms with E-state index in [2.05, 4.69) is 6.92 Å². The third-order valence-corrected chi connectivity index (χ3v) is 2.79. The van der Waals surface area contributed by atoms with Crippen LogP contribution < -0.4 is 0 Å². The number of allylic oxidation sites excluding steroid dienone is 1. The van der Waals surface area contributed by atoms with Crippen LogP contribution in [0, 0.1) is 5.92 Å². The molecular formula is C14H26O2. The Morgan fingerprint density at radius 1 is 1.12 bits per heavy atom. The monoisotopic (exact) mass is 226 g/mol. The molecule has 0 saturated carbocycles. The number of hydrogen-bond donors (Lipinski definition) is 1. The van der Waals surface area contributed by atoms with Gasteiger partial charge in [-0.05, 0) is 19.8 Å². The normalized spacial score (nSPS) is 13.1. The summed E-state index contributed by atoms with van der Waals surface area (Å²) < 4.78 is 0. The molecule has 2 heteroatoms. The van der Waals surface area contributed by atoms with Crippen LogP contribution in [0.2, 0.25) is 0 Å². The maximum Gasteiger partial charge on any atom is 0.310 e. The van der Waals surface area contributed by atoms with E-state index < -0.39 is 5.97 Å². The molecule has 2 nitrogen and oxygen atoms in total. The predicted octanol–water partition coefficient (Wildman–Crippen LogP) is 4.40. The fourth-order valence-electron chi connectivity index (χ4n) is 1.60. The molecule has 0 aromatic carbocycles. The first-order valence-corrected chi connectivity index (χ1v) is 6.58. The Balaban J connectivity index is 3.23. The summed E-state index contributed by atoms with van der Waals surface area (Å²) in [6.45, 7) is 3.94. The second-order valence-corrected chi connectivity index (χ2v) is 4.47. The van der Waals surface area contributed by atoms with Crippen molar-refractivity contribution in [3.63, 3.8) is 0 Å². The first-order chi connectivity index (χ1) is 7.68. The predicted molar refractivity (Wildman–Crippen MR) is 68.5 cm³/mol. The summed E-state index contributed by atoms with van der Waals surface area (Å²) in [5.74, 6) is -1.08. The summed E-state index contributed by atoms with van der Waals surface area (Å²) in [6.07, 6.45) is 14.0. The molecule has 0 saturated heterocycles. The third-order valence-electron chi connectivity index (χ3n) is 2.79. The molecule has 0 spiro atoms. The second-order valence-electron chi connectivity index (χ2n) is 4.47. The minimum Gasteiger partial charge on any atom is -0.481 e. The zero-order chi connectivity index (χ0) is 12.2. The Morgan fingerprint density at radius 2 is 1.69 bits per heavy atom. The molecule has 94 valence electrons. The average Bonchev–Trinajstić information content (AvgIpc) is 2.26. The SMILES string of the molecule is CCCCCCCCCC=CC(C)C(=O)O. The maximum atomic E-state index is 10.5. The van der Waals surface area contributed by atoms with Gasteiger partial charge in [0.1, 0.15) is 0 Å². The molecule has 0 aromatic rings. The van der Waals surface area contributed by atoms with Crippen LogP contribution in [0.1, 0.15) is 65.2 Å². The lowest BCUT2D eigenvalue weighted by atomic mass is 10.1. The van der Waals surface area contributed by atoms with Crippen LogP contribution in [0.4, 0.5) is 0 Å². The van der Waals surface area contributed by atoms with E-state index in [4.69, 9.17) is 5.11 Å². The fourth-order valence-corrected chi connectivity index (χ4v) is 1.60. The van der Waals surface area contributed by atoms with Crippen molar-refractivity contribution in [1.82, 2.24) is 0 Å². The highest BCUT2D eigenvalue weighted by Gasteiger charge is 2.04. The zero-order valence-electron chi connectivity index (χ0n) is 10.7. The van der Waals surface area contributed by atoms with E-state index in [1.54, 1.807) is 13.0 Å². The van der Waals surface area contributed by atoms with Crippen LogP contribution >= 0.6 is 0 Å². The minimum absolute atomic E-state index is 0.343. The zero-order valence-corrected chi connectivity index (χ0v) is 10.7. The maximum absolute atomic E-state index is 10.5. The van der Waals surface area contributed by atoms with Gasteiger partial charge in [0.2, 0.25) is 0 Å². The molecule has 0 bridgehead atoms. The lowest BCUT2D eigenvalue weighted by Crippen LogP contribution is -2.05. The molecule has 0 rings (SSSR count). The summed E-state index contributed by atoms with van der Waals surface area (Å²) in [5.41, 5.74) is 0. The minimum atomic E-state index is -0.740. The Labute approximate surface area is 99.7 Å². The molecule has 0 aliphatic rings. The van der Waals surface area contributed by atoms with Crippen molar-refractivity contribution < 1.29 is 9.90 Å². The van der Waals surface area contributed by atoms with E-state index >= 15 is 0 Å². The summed E-state index contributed by atoms with van der Waals surface area (Å²) in [7, 11) is 0. The number of carboxylic acids is 1. The van der Waals surface area contributed by atoms with Crippen LogP contribution in [-0.2, 0) is 4.79 Å². The molecule has 0 radical (unpaired) electrons. The quantitative estimate of drug-likeness (QED) is 0.442. The molecule has 1 atom stereocenters. The van der Waals surface area contributed by atoms with Gasteiger partial charge in [0.05, 0.1) is 5.92 Å². The summed E-state index contributed by atoms with van der Waals surface area (Å²) in [6, 6.07) is 0. The van der Waals surface area contributed by atoms with E-state index in [0.29, 0.717) is 0 Å². The Kier molecular flexibility index (Phi) is 10.2. The average molecular weight is 226 g/mol. The summed E-state index contributed by atoms with van der Waals surface area (Å²) in [5, 5.41) is 8.65. The van der Waals surface area contributed by atoms with Crippen molar-refractivity contribution in [2.24, 2.45) is 5.92 Å². The first kappa shape index (κ1) is 15.2. The van der Waals surface area contributed by atoms with E-state index in [0.717, 1.165) is 6.42 Å². The standard InChI is InChI=1S/C14H26O2/c1-3-4-5-6-7-8-9-10-11-12-13(2)14(15)16/h11-13H,3-10H2,1-2H3,(H,15,16). The number of rotatable bonds is 10. The van der Waals surface area contributed by atoms with Crippen LogP contribution in [0.3, 0.4) is 0 Å². The van der Waals surface area contributed by atoms with Gasteiger partial charge in [0.15, 0.2) is 0 Å². The molecule has 0 heterocycles. The van der Waals surface area contributed by atoms with Gasteiger partial charge in [-0.25, -0.2) is 0 Å². The van der Waals surface area contributed by atoms with Crippen LogP contribution in [-0.4, -0.2) is 11.1 Å². The Morgan fingerprint density at radius 3 is 2.25 bits per heavy atom. The van der Waals surface area contributed by atoms with Crippen molar-refractivity contribution in [2.75, 3.05) is 0 Å². The molecule has 0 amide bonds. The van der Waals surface area contributed by atoms with E-state index in [9.17, 15) is 4.79 Å². The van der Waals surface area contributed by atoms with Crippen molar-refractivity contribution in [3.05, 3.63) is 12.2 Å². The Bertz CT molecular complexity index is 197. The highest BCUT2D eigenvalue weighted by molar-refractivity contribution is 5.71. The largest absolute Gasteiger partial charge is 0.481 e. The highest BCUT2D eigenvalue weighted by atomic mass is 16.4. The smallest absolute Gasteiger partial charge is 0.310 e. The summed E-state index contributed by atoms with van der Waals surface area (Å²) >= 11 is 0. The number of hydrogen-bond acceptors (Lipinski definition) is 1. The number of carbonyl (C=O) groups is 1. The van der Waals surface area contributed by atoms with Gasteiger partial charge in [-0.1, -0.05) is 57.6 Å². The fraction of sp³-hybridized carbons (Fsp3) is 0.786. The van der Waals surface area contributed by atoms with Crippen molar-refractivity contribution >= 4 is 5.97 Å². The van der Waals surface area contributed by atoms with E-state index in [-0.39, 0.29) is 5.92 Å². The van der Waals surface area contributed by atoms with E-state index in [1.165, 1.54) is 44.9 Å². The van der Waals surface area contributed by atoms with Crippen molar-refractivity contribution in [3.8, 4) is 0 Å². The van der Waals surface area contributed by atoms with Crippen molar-refractivity contribution in [2.45, 2.75) is 65.2 Å². The van der Waals surface area contributed by atoms with Gasteiger partial charge in [0, 0.05) is 0 Å².